The fourth-order valence-electron chi connectivity index (χ4n) is 2.58. The van der Waals surface area contributed by atoms with E-state index in [1.807, 2.05) is 19.1 Å². The first-order valence-electron chi connectivity index (χ1n) is 6.46. The lowest BCUT2D eigenvalue weighted by Gasteiger charge is -2.09. The first kappa shape index (κ1) is 12.2. The Morgan fingerprint density at radius 2 is 2.11 bits per heavy atom. The average molecular weight is 257 g/mol. The molecule has 0 saturated heterocycles. The van der Waals surface area contributed by atoms with E-state index in [-0.39, 0.29) is 11.9 Å². The summed E-state index contributed by atoms with van der Waals surface area (Å²) in [4.78, 5) is 0. The van der Waals surface area contributed by atoms with Crippen LogP contribution in [0.5, 0.6) is 5.75 Å². The third-order valence-electron chi connectivity index (χ3n) is 3.50. The average Bonchev–Trinajstić information content (AvgIpc) is 2.77. The Kier molecular flexibility index (Phi) is 2.99. The highest BCUT2D eigenvalue weighted by Crippen LogP contribution is 2.34. The highest BCUT2D eigenvalue weighted by Gasteiger charge is 2.19. The number of benzene rings is 2. The van der Waals surface area contributed by atoms with Crippen molar-refractivity contribution in [1.82, 2.24) is 0 Å². The van der Waals surface area contributed by atoms with Crippen molar-refractivity contribution in [3.63, 3.8) is 0 Å². The molecule has 2 N–H and O–H groups in total. The summed E-state index contributed by atoms with van der Waals surface area (Å²) >= 11 is 0. The van der Waals surface area contributed by atoms with Crippen molar-refractivity contribution < 1.29 is 9.13 Å². The second-order valence-corrected chi connectivity index (χ2v) is 4.96. The lowest BCUT2D eigenvalue weighted by atomic mass is 9.97. The summed E-state index contributed by atoms with van der Waals surface area (Å²) in [6.07, 6.45) is 1.11. The van der Waals surface area contributed by atoms with E-state index in [1.165, 1.54) is 11.6 Å². The van der Waals surface area contributed by atoms with Crippen molar-refractivity contribution in [3.05, 3.63) is 53.3 Å². The molecule has 0 fully saturated rings. The Hall–Kier alpha value is -1.87. The highest BCUT2D eigenvalue weighted by atomic mass is 19.1. The van der Waals surface area contributed by atoms with Crippen molar-refractivity contribution in [2.24, 2.45) is 5.73 Å². The van der Waals surface area contributed by atoms with Gasteiger partial charge in [-0.1, -0.05) is 12.1 Å². The van der Waals surface area contributed by atoms with Crippen molar-refractivity contribution >= 4 is 0 Å². The summed E-state index contributed by atoms with van der Waals surface area (Å²) in [5.41, 5.74) is 9.72. The predicted molar refractivity (Wildman–Crippen MR) is 73.5 cm³/mol. The molecule has 2 aromatic carbocycles. The van der Waals surface area contributed by atoms with Gasteiger partial charge in [0.15, 0.2) is 0 Å². The molecule has 3 rings (SSSR count). The third-order valence-corrected chi connectivity index (χ3v) is 3.50. The van der Waals surface area contributed by atoms with E-state index in [2.05, 4.69) is 6.07 Å². The van der Waals surface area contributed by atoms with Crippen LogP contribution < -0.4 is 10.5 Å². The van der Waals surface area contributed by atoms with Gasteiger partial charge in [0.2, 0.25) is 0 Å². The van der Waals surface area contributed by atoms with Gasteiger partial charge in [-0.05, 0) is 53.4 Å². The van der Waals surface area contributed by atoms with Gasteiger partial charge >= 0.3 is 0 Å². The molecule has 0 radical (unpaired) electrons. The molecule has 0 spiro atoms. The van der Waals surface area contributed by atoms with Gasteiger partial charge in [0.05, 0.1) is 0 Å². The maximum atomic E-state index is 13.4. The van der Waals surface area contributed by atoms with Crippen molar-refractivity contribution in [2.75, 3.05) is 0 Å². The summed E-state index contributed by atoms with van der Waals surface area (Å²) in [5.74, 6) is 0.694. The van der Waals surface area contributed by atoms with Crippen LogP contribution in [0.15, 0.2) is 36.4 Å². The standard InChI is InChI=1S/C16H16FNO/c1-10-6-13-7-11(3-5-16(13)19-10)15-8-14(17)4-2-12(15)9-18/h2-5,7-8,10H,6,9,18H2,1H3. The molecule has 19 heavy (non-hydrogen) atoms. The van der Waals surface area contributed by atoms with E-state index in [0.29, 0.717) is 6.54 Å². The summed E-state index contributed by atoms with van der Waals surface area (Å²) < 4.78 is 19.1. The maximum absolute atomic E-state index is 13.4. The first-order valence-corrected chi connectivity index (χ1v) is 6.46. The molecule has 1 unspecified atom stereocenters. The Balaban J connectivity index is 2.08. The molecule has 1 heterocycles. The lowest BCUT2D eigenvalue weighted by Crippen LogP contribution is -2.05. The third kappa shape index (κ3) is 2.22. The molecule has 2 aromatic rings. The van der Waals surface area contributed by atoms with Gasteiger partial charge in [0.1, 0.15) is 17.7 Å². The van der Waals surface area contributed by atoms with Gasteiger partial charge in [0.25, 0.3) is 0 Å². The zero-order chi connectivity index (χ0) is 13.4. The molecule has 0 aromatic heterocycles. The van der Waals surface area contributed by atoms with Gasteiger partial charge in [0, 0.05) is 13.0 Å². The second-order valence-electron chi connectivity index (χ2n) is 4.96. The molecular formula is C16H16FNO. The topological polar surface area (TPSA) is 35.2 Å². The summed E-state index contributed by atoms with van der Waals surface area (Å²) in [5, 5.41) is 0. The van der Waals surface area contributed by atoms with Gasteiger partial charge in [-0.25, -0.2) is 4.39 Å². The van der Waals surface area contributed by atoms with Gasteiger partial charge in [-0.2, -0.15) is 0 Å². The minimum Gasteiger partial charge on any atom is -0.490 e. The molecule has 1 aliphatic rings. The van der Waals surface area contributed by atoms with E-state index < -0.39 is 0 Å². The van der Waals surface area contributed by atoms with Crippen LogP contribution in [0.25, 0.3) is 11.1 Å². The number of halogens is 1. The highest BCUT2D eigenvalue weighted by molar-refractivity contribution is 5.69. The Morgan fingerprint density at radius 1 is 1.26 bits per heavy atom. The van der Waals surface area contributed by atoms with Crippen LogP contribution in [0.3, 0.4) is 0 Å². The van der Waals surface area contributed by atoms with Crippen LogP contribution in [-0.2, 0) is 13.0 Å². The zero-order valence-corrected chi connectivity index (χ0v) is 10.8. The number of fused-ring (bicyclic) bond motifs is 1. The normalized spacial score (nSPS) is 17.1. The minimum atomic E-state index is -0.239. The zero-order valence-electron chi connectivity index (χ0n) is 10.8. The van der Waals surface area contributed by atoms with Gasteiger partial charge in [-0.15, -0.1) is 0 Å². The predicted octanol–water partition coefficient (Wildman–Crippen LogP) is 3.27. The van der Waals surface area contributed by atoms with E-state index >= 15 is 0 Å². The fourth-order valence-corrected chi connectivity index (χ4v) is 2.58. The minimum absolute atomic E-state index is 0.215. The summed E-state index contributed by atoms with van der Waals surface area (Å²) in [7, 11) is 0. The van der Waals surface area contributed by atoms with E-state index in [1.54, 1.807) is 12.1 Å². The first-order chi connectivity index (χ1) is 9.17. The molecule has 1 atom stereocenters. The van der Waals surface area contributed by atoms with Crippen LogP contribution in [-0.4, -0.2) is 6.10 Å². The maximum Gasteiger partial charge on any atom is 0.123 e. The molecule has 0 saturated carbocycles. The molecule has 0 amide bonds. The number of nitrogens with two attached hydrogens (primary N) is 1. The van der Waals surface area contributed by atoms with E-state index in [4.69, 9.17) is 10.5 Å². The van der Waals surface area contributed by atoms with Crippen molar-refractivity contribution in [3.8, 4) is 16.9 Å². The quantitative estimate of drug-likeness (QED) is 0.896. The number of hydrogen-bond acceptors (Lipinski definition) is 2. The molecule has 0 bridgehead atoms. The number of ether oxygens (including phenoxy) is 1. The molecule has 0 aliphatic carbocycles. The smallest absolute Gasteiger partial charge is 0.123 e. The largest absolute Gasteiger partial charge is 0.490 e. The summed E-state index contributed by atoms with van der Waals surface area (Å²) in [6.45, 7) is 2.45. The Bertz CT molecular complexity index is 624. The summed E-state index contributed by atoms with van der Waals surface area (Å²) in [6, 6.07) is 10.7. The van der Waals surface area contributed by atoms with Crippen molar-refractivity contribution in [1.29, 1.82) is 0 Å². The van der Waals surface area contributed by atoms with Crippen LogP contribution in [0.4, 0.5) is 4.39 Å². The molecule has 1 aliphatic heterocycles. The van der Waals surface area contributed by atoms with Gasteiger partial charge in [-0.3, -0.25) is 0 Å². The van der Waals surface area contributed by atoms with Crippen LogP contribution in [0.2, 0.25) is 0 Å². The molecule has 98 valence electrons. The SMILES string of the molecule is CC1Cc2cc(-c3cc(F)ccc3CN)ccc2O1. The Morgan fingerprint density at radius 3 is 2.89 bits per heavy atom. The lowest BCUT2D eigenvalue weighted by molar-refractivity contribution is 0.254. The molecule has 2 nitrogen and oxygen atoms in total. The van der Waals surface area contributed by atoms with Crippen LogP contribution in [0.1, 0.15) is 18.1 Å². The van der Waals surface area contributed by atoms with Crippen molar-refractivity contribution in [2.45, 2.75) is 26.0 Å². The second kappa shape index (κ2) is 4.67. The van der Waals surface area contributed by atoms with E-state index in [9.17, 15) is 4.39 Å². The van der Waals surface area contributed by atoms with E-state index in [0.717, 1.165) is 28.9 Å². The fraction of sp³-hybridized carbons (Fsp3) is 0.250. The molecular weight excluding hydrogens is 241 g/mol. The number of hydrogen-bond donors (Lipinski definition) is 1. The molecule has 3 heteroatoms. The van der Waals surface area contributed by atoms with Crippen LogP contribution >= 0.6 is 0 Å². The van der Waals surface area contributed by atoms with Gasteiger partial charge < -0.3 is 10.5 Å². The monoisotopic (exact) mass is 257 g/mol. The Labute approximate surface area is 112 Å². The number of rotatable bonds is 2. The van der Waals surface area contributed by atoms with Crippen LogP contribution in [0, 0.1) is 5.82 Å².